The first-order valence-electron chi connectivity index (χ1n) is 6.95. The van der Waals surface area contributed by atoms with Crippen molar-refractivity contribution >= 4 is 12.4 Å². The molecular formula is C15H23N3O3. The highest BCUT2D eigenvalue weighted by Gasteiger charge is 2.34. The van der Waals surface area contributed by atoms with Gasteiger partial charge in [0, 0.05) is 13.5 Å². The van der Waals surface area contributed by atoms with Gasteiger partial charge in [-0.15, -0.1) is 0 Å². The van der Waals surface area contributed by atoms with Crippen LogP contribution in [0.1, 0.15) is 30.9 Å². The molecule has 1 heterocycles. The van der Waals surface area contributed by atoms with Gasteiger partial charge in [-0.2, -0.15) is 0 Å². The Morgan fingerprint density at radius 1 is 1.38 bits per heavy atom. The van der Waals surface area contributed by atoms with Crippen molar-refractivity contribution < 1.29 is 14.7 Å². The van der Waals surface area contributed by atoms with Gasteiger partial charge in [-0.25, -0.2) is 0 Å². The van der Waals surface area contributed by atoms with Crippen LogP contribution in [0, 0.1) is 0 Å². The summed E-state index contributed by atoms with van der Waals surface area (Å²) in [6.45, 7) is 3.74. The number of nitrogens with two attached hydrogens (primary N) is 1. The Morgan fingerprint density at radius 2 is 1.90 bits per heavy atom. The van der Waals surface area contributed by atoms with Gasteiger partial charge >= 0.3 is 0 Å². The molecule has 2 rings (SSSR count). The number of rotatable bonds is 3. The number of carboxylic acid groups (broad SMARTS) is 1. The highest BCUT2D eigenvalue weighted by atomic mass is 16.3. The van der Waals surface area contributed by atoms with Gasteiger partial charge in [0.05, 0.1) is 5.54 Å². The van der Waals surface area contributed by atoms with Crippen LogP contribution in [0.25, 0.3) is 0 Å². The van der Waals surface area contributed by atoms with Gasteiger partial charge < -0.3 is 21.5 Å². The van der Waals surface area contributed by atoms with E-state index in [4.69, 9.17) is 15.6 Å². The number of benzene rings is 1. The molecule has 1 fully saturated rings. The van der Waals surface area contributed by atoms with Gasteiger partial charge in [0.15, 0.2) is 0 Å². The van der Waals surface area contributed by atoms with Gasteiger partial charge in [0.25, 0.3) is 6.47 Å². The summed E-state index contributed by atoms with van der Waals surface area (Å²) >= 11 is 0. The summed E-state index contributed by atoms with van der Waals surface area (Å²) in [6, 6.07) is 8.26. The molecule has 5 N–H and O–H groups in total. The molecule has 0 radical (unpaired) electrons. The van der Waals surface area contributed by atoms with E-state index < -0.39 is 0 Å². The molecule has 1 aromatic carbocycles. The van der Waals surface area contributed by atoms with Crippen molar-refractivity contribution in [1.29, 1.82) is 0 Å². The van der Waals surface area contributed by atoms with Crippen LogP contribution in [0.4, 0.5) is 0 Å². The van der Waals surface area contributed by atoms with Gasteiger partial charge in [-0.1, -0.05) is 24.3 Å². The molecular weight excluding hydrogens is 270 g/mol. The third-order valence-corrected chi connectivity index (χ3v) is 3.61. The third-order valence-electron chi connectivity index (χ3n) is 3.61. The molecule has 0 aliphatic carbocycles. The van der Waals surface area contributed by atoms with E-state index in [1.807, 2.05) is 12.1 Å². The summed E-state index contributed by atoms with van der Waals surface area (Å²) in [5.74, 6) is 0.0276. The molecule has 1 aromatic rings. The smallest absolute Gasteiger partial charge is 0.290 e. The van der Waals surface area contributed by atoms with Crippen molar-refractivity contribution in [2.24, 2.45) is 5.73 Å². The Kier molecular flexibility index (Phi) is 6.84. The average molecular weight is 293 g/mol. The second-order valence-corrected chi connectivity index (χ2v) is 5.02. The number of nitrogens with one attached hydrogen (secondary N) is 2. The van der Waals surface area contributed by atoms with Gasteiger partial charge in [-0.3, -0.25) is 9.59 Å². The van der Waals surface area contributed by atoms with Crippen LogP contribution in [-0.4, -0.2) is 30.6 Å². The fourth-order valence-electron chi connectivity index (χ4n) is 2.64. The molecule has 1 saturated heterocycles. The lowest BCUT2D eigenvalue weighted by Gasteiger charge is -2.38. The van der Waals surface area contributed by atoms with Crippen LogP contribution in [0.5, 0.6) is 0 Å². The minimum absolute atomic E-state index is 0.0276. The fraction of sp³-hybridized carbons (Fsp3) is 0.467. The molecule has 116 valence electrons. The lowest BCUT2D eigenvalue weighted by Crippen LogP contribution is -2.51. The first-order chi connectivity index (χ1) is 10.1. The van der Waals surface area contributed by atoms with Crippen molar-refractivity contribution in [3.63, 3.8) is 0 Å². The zero-order valence-corrected chi connectivity index (χ0v) is 12.3. The van der Waals surface area contributed by atoms with E-state index in [2.05, 4.69) is 22.8 Å². The molecule has 21 heavy (non-hydrogen) atoms. The topological polar surface area (TPSA) is 104 Å². The first kappa shape index (κ1) is 17.1. The second-order valence-electron chi connectivity index (χ2n) is 5.02. The van der Waals surface area contributed by atoms with Crippen LogP contribution in [0.3, 0.4) is 0 Å². The summed E-state index contributed by atoms with van der Waals surface area (Å²) in [5.41, 5.74) is 7.69. The highest BCUT2D eigenvalue weighted by molar-refractivity contribution is 5.74. The molecule has 0 atom stereocenters. The molecule has 1 aliphatic rings. The van der Waals surface area contributed by atoms with Gasteiger partial charge in [0.1, 0.15) is 0 Å². The van der Waals surface area contributed by atoms with E-state index in [0.29, 0.717) is 6.54 Å². The summed E-state index contributed by atoms with van der Waals surface area (Å²) < 4.78 is 0. The number of carbonyl (C=O) groups excluding carboxylic acids is 1. The van der Waals surface area contributed by atoms with Crippen molar-refractivity contribution in [3.05, 3.63) is 35.4 Å². The Bertz CT molecular complexity index is 454. The molecule has 1 amide bonds. The van der Waals surface area contributed by atoms with Gasteiger partial charge in [0.2, 0.25) is 5.91 Å². The van der Waals surface area contributed by atoms with Crippen LogP contribution >= 0.6 is 0 Å². The van der Waals surface area contributed by atoms with Crippen LogP contribution in [-0.2, 0) is 21.7 Å². The average Bonchev–Trinajstić information content (AvgIpc) is 2.48. The number of hydrogen-bond donors (Lipinski definition) is 4. The first-order valence-corrected chi connectivity index (χ1v) is 6.95. The van der Waals surface area contributed by atoms with Crippen molar-refractivity contribution in [2.45, 2.75) is 31.8 Å². The standard InChI is InChI=1S/C14H21N3O.CH2O2/c1-11(18)17-14(6-8-16-9-7-14)13-4-2-12(10-15)3-5-13;2-1-3/h2-5,16H,6-10,15H2,1H3,(H,17,18);1H,(H,2,3). The van der Waals surface area contributed by atoms with E-state index in [1.54, 1.807) is 6.92 Å². The lowest BCUT2D eigenvalue weighted by atomic mass is 9.81. The van der Waals surface area contributed by atoms with Crippen LogP contribution in [0.15, 0.2) is 24.3 Å². The number of carbonyl (C=O) groups is 2. The zero-order chi connectivity index (χ0) is 15.7. The summed E-state index contributed by atoms with van der Waals surface area (Å²) in [5, 5.41) is 13.4. The largest absolute Gasteiger partial charge is 0.483 e. The molecule has 0 bridgehead atoms. The fourth-order valence-corrected chi connectivity index (χ4v) is 2.64. The molecule has 6 nitrogen and oxygen atoms in total. The minimum atomic E-state index is -0.250. The maximum absolute atomic E-state index is 11.5. The predicted molar refractivity (Wildman–Crippen MR) is 80.6 cm³/mol. The van der Waals surface area contributed by atoms with E-state index in [1.165, 1.54) is 5.56 Å². The Balaban J connectivity index is 0.000000677. The van der Waals surface area contributed by atoms with E-state index >= 15 is 0 Å². The Labute approximate surface area is 124 Å². The summed E-state index contributed by atoms with van der Waals surface area (Å²) in [4.78, 5) is 19.8. The quantitative estimate of drug-likeness (QED) is 0.610. The summed E-state index contributed by atoms with van der Waals surface area (Å²) in [6.07, 6.45) is 1.85. The predicted octanol–water partition coefficient (Wildman–Crippen LogP) is 0.561. The van der Waals surface area contributed by atoms with Crippen molar-refractivity contribution in [1.82, 2.24) is 10.6 Å². The zero-order valence-electron chi connectivity index (χ0n) is 12.3. The normalized spacial score (nSPS) is 16.3. The number of hydrogen-bond acceptors (Lipinski definition) is 4. The van der Waals surface area contributed by atoms with E-state index in [9.17, 15) is 4.79 Å². The van der Waals surface area contributed by atoms with E-state index in [-0.39, 0.29) is 17.9 Å². The van der Waals surface area contributed by atoms with Crippen molar-refractivity contribution in [2.75, 3.05) is 13.1 Å². The highest BCUT2D eigenvalue weighted by Crippen LogP contribution is 2.30. The Morgan fingerprint density at radius 3 is 2.33 bits per heavy atom. The molecule has 0 aromatic heterocycles. The van der Waals surface area contributed by atoms with Crippen LogP contribution in [0.2, 0.25) is 0 Å². The Hall–Kier alpha value is -1.92. The summed E-state index contributed by atoms with van der Waals surface area (Å²) in [7, 11) is 0. The SMILES string of the molecule is CC(=O)NC1(c2ccc(CN)cc2)CCNCC1.O=CO. The van der Waals surface area contributed by atoms with Crippen molar-refractivity contribution in [3.8, 4) is 0 Å². The maximum atomic E-state index is 11.5. The molecule has 0 spiro atoms. The van der Waals surface area contributed by atoms with E-state index in [0.717, 1.165) is 31.5 Å². The maximum Gasteiger partial charge on any atom is 0.290 e. The number of amides is 1. The van der Waals surface area contributed by atoms with Crippen LogP contribution < -0.4 is 16.4 Å². The lowest BCUT2D eigenvalue weighted by molar-refractivity contribution is -0.123. The molecule has 0 unspecified atom stereocenters. The molecule has 6 heteroatoms. The second kappa shape index (κ2) is 8.39. The molecule has 0 saturated carbocycles. The third kappa shape index (κ3) is 4.84. The molecule has 1 aliphatic heterocycles. The van der Waals surface area contributed by atoms with Gasteiger partial charge in [-0.05, 0) is 37.1 Å². The monoisotopic (exact) mass is 293 g/mol. The minimum Gasteiger partial charge on any atom is -0.483 e. The number of piperidine rings is 1.